The van der Waals surface area contributed by atoms with Gasteiger partial charge >= 0.3 is 0 Å². The molecule has 0 aliphatic rings. The maximum absolute atomic E-state index is 5.86. The molecule has 1 aromatic heterocycles. The summed E-state index contributed by atoms with van der Waals surface area (Å²) in [5.74, 6) is 0.383. The first-order valence-electron chi connectivity index (χ1n) is 7.35. The summed E-state index contributed by atoms with van der Waals surface area (Å²) in [6.07, 6.45) is 0. The number of oxazole rings is 1. The van der Waals surface area contributed by atoms with Gasteiger partial charge in [0.05, 0.1) is 5.69 Å². The smallest absolute Gasteiger partial charge is 0.227 e. The number of nitrogens with two attached hydrogens (primary N) is 3. The van der Waals surface area contributed by atoms with Crippen molar-refractivity contribution in [3.8, 4) is 11.5 Å². The van der Waals surface area contributed by atoms with Gasteiger partial charge in [-0.05, 0) is 49.2 Å². The molecule has 2 aromatic carbocycles. The number of aryl methyl sites for hydroxylation is 1. The lowest BCUT2D eigenvalue weighted by Gasteiger charge is -2.05. The van der Waals surface area contributed by atoms with Crippen molar-refractivity contribution in [3.63, 3.8) is 0 Å². The summed E-state index contributed by atoms with van der Waals surface area (Å²) in [6, 6.07) is 11.5. The van der Waals surface area contributed by atoms with E-state index in [2.05, 4.69) is 15.0 Å². The fourth-order valence-corrected chi connectivity index (χ4v) is 2.41. The van der Waals surface area contributed by atoms with Crippen molar-refractivity contribution in [2.24, 2.45) is 27.2 Å². The van der Waals surface area contributed by atoms with E-state index in [9.17, 15) is 0 Å². The molecule has 3 rings (SSSR count). The van der Waals surface area contributed by atoms with Gasteiger partial charge in [0.2, 0.25) is 11.9 Å². The topological polar surface area (TPSA) is 129 Å². The number of fused-ring (bicyclic) bond motifs is 1. The molecule has 7 heteroatoms. The number of guanidine groups is 2. The summed E-state index contributed by atoms with van der Waals surface area (Å²) in [7, 11) is 0. The number of rotatable bonds is 2. The predicted molar refractivity (Wildman–Crippen MR) is 96.0 cm³/mol. The largest absolute Gasteiger partial charge is 0.436 e. The highest BCUT2D eigenvalue weighted by atomic mass is 16.3. The van der Waals surface area contributed by atoms with Crippen LogP contribution in [0.15, 0.2) is 50.8 Å². The van der Waals surface area contributed by atoms with E-state index in [1.54, 1.807) is 0 Å². The second kappa shape index (κ2) is 6.04. The highest BCUT2D eigenvalue weighted by molar-refractivity contribution is 5.94. The zero-order valence-corrected chi connectivity index (χ0v) is 13.4. The third-order valence-corrected chi connectivity index (χ3v) is 3.56. The molecule has 0 spiro atoms. The molecule has 0 atom stereocenters. The second-order valence-corrected chi connectivity index (χ2v) is 5.45. The Labute approximate surface area is 138 Å². The minimum absolute atomic E-state index is 0.0107. The Hall–Kier alpha value is -3.35. The Morgan fingerprint density at radius 2 is 1.88 bits per heavy atom. The van der Waals surface area contributed by atoms with E-state index >= 15 is 0 Å². The van der Waals surface area contributed by atoms with E-state index in [1.165, 1.54) is 0 Å². The van der Waals surface area contributed by atoms with Gasteiger partial charge in [0, 0.05) is 5.56 Å². The summed E-state index contributed by atoms with van der Waals surface area (Å²) in [6.45, 7) is 3.93. The SMILES string of the molecule is Cc1ccc2oc(-c3cccc(N=C(N)N=C(N)N)c3C)nc2c1. The molecule has 7 nitrogen and oxygen atoms in total. The maximum Gasteiger partial charge on any atom is 0.227 e. The third kappa shape index (κ3) is 3.05. The van der Waals surface area contributed by atoms with Crippen LogP contribution in [0.2, 0.25) is 0 Å². The molecule has 122 valence electrons. The van der Waals surface area contributed by atoms with Crippen LogP contribution in [0.25, 0.3) is 22.6 Å². The van der Waals surface area contributed by atoms with Crippen molar-refractivity contribution in [3.05, 3.63) is 47.5 Å². The van der Waals surface area contributed by atoms with Crippen molar-refractivity contribution < 1.29 is 4.42 Å². The summed E-state index contributed by atoms with van der Waals surface area (Å²) >= 11 is 0. The molecule has 0 aliphatic carbocycles. The van der Waals surface area contributed by atoms with Gasteiger partial charge < -0.3 is 21.6 Å². The van der Waals surface area contributed by atoms with E-state index in [0.29, 0.717) is 11.6 Å². The molecule has 3 aromatic rings. The van der Waals surface area contributed by atoms with Gasteiger partial charge in [-0.25, -0.2) is 9.98 Å². The molecule has 0 aliphatic heterocycles. The highest BCUT2D eigenvalue weighted by Gasteiger charge is 2.13. The quantitative estimate of drug-likeness (QED) is 0.492. The molecule has 0 saturated carbocycles. The van der Waals surface area contributed by atoms with Crippen LogP contribution in [0.4, 0.5) is 5.69 Å². The fraction of sp³-hybridized carbons (Fsp3) is 0.118. The Morgan fingerprint density at radius 3 is 2.62 bits per heavy atom. The monoisotopic (exact) mass is 322 g/mol. The number of benzene rings is 2. The van der Waals surface area contributed by atoms with Crippen molar-refractivity contribution in [1.29, 1.82) is 0 Å². The molecule has 0 bridgehead atoms. The van der Waals surface area contributed by atoms with Gasteiger partial charge in [-0.2, -0.15) is 4.99 Å². The van der Waals surface area contributed by atoms with E-state index in [4.69, 9.17) is 21.6 Å². The van der Waals surface area contributed by atoms with Gasteiger partial charge in [-0.1, -0.05) is 12.1 Å². The summed E-state index contributed by atoms with van der Waals surface area (Å²) in [4.78, 5) is 12.5. The van der Waals surface area contributed by atoms with Crippen LogP contribution >= 0.6 is 0 Å². The molecule has 0 amide bonds. The third-order valence-electron chi connectivity index (χ3n) is 3.56. The molecule has 1 heterocycles. The summed E-state index contributed by atoms with van der Waals surface area (Å²) in [5.41, 5.74) is 21.3. The highest BCUT2D eigenvalue weighted by Crippen LogP contribution is 2.32. The first-order chi connectivity index (χ1) is 11.4. The lowest BCUT2D eigenvalue weighted by molar-refractivity contribution is 0.619. The summed E-state index contributed by atoms with van der Waals surface area (Å²) < 4.78 is 5.86. The average Bonchev–Trinajstić information content (AvgIpc) is 2.91. The zero-order valence-electron chi connectivity index (χ0n) is 13.4. The summed E-state index contributed by atoms with van der Waals surface area (Å²) in [5, 5.41) is 0. The second-order valence-electron chi connectivity index (χ2n) is 5.45. The van der Waals surface area contributed by atoms with Crippen LogP contribution in [-0.2, 0) is 0 Å². The van der Waals surface area contributed by atoms with Crippen LogP contribution < -0.4 is 17.2 Å². The molecule has 0 fully saturated rings. The van der Waals surface area contributed by atoms with Crippen molar-refractivity contribution in [2.75, 3.05) is 0 Å². The normalized spacial score (nSPS) is 11.7. The van der Waals surface area contributed by atoms with Crippen LogP contribution in [0.5, 0.6) is 0 Å². The van der Waals surface area contributed by atoms with Crippen LogP contribution in [0.3, 0.4) is 0 Å². The molecule has 0 radical (unpaired) electrons. The first kappa shape index (κ1) is 15.5. The fourth-order valence-electron chi connectivity index (χ4n) is 2.41. The van der Waals surface area contributed by atoms with Crippen molar-refractivity contribution in [2.45, 2.75) is 13.8 Å². The lowest BCUT2D eigenvalue weighted by Crippen LogP contribution is -2.26. The number of nitrogens with zero attached hydrogens (tertiary/aromatic N) is 3. The maximum atomic E-state index is 5.86. The van der Waals surface area contributed by atoms with Crippen molar-refractivity contribution >= 4 is 28.7 Å². The van der Waals surface area contributed by atoms with E-state index < -0.39 is 0 Å². The van der Waals surface area contributed by atoms with Gasteiger partial charge in [0.15, 0.2) is 11.5 Å². The zero-order chi connectivity index (χ0) is 17.3. The number of aromatic nitrogens is 1. The Bertz CT molecular complexity index is 966. The number of aliphatic imine (C=N–C) groups is 2. The minimum atomic E-state index is -0.139. The van der Waals surface area contributed by atoms with Gasteiger partial charge in [-0.15, -0.1) is 0 Å². The molecule has 24 heavy (non-hydrogen) atoms. The van der Waals surface area contributed by atoms with Crippen LogP contribution in [-0.4, -0.2) is 16.9 Å². The van der Waals surface area contributed by atoms with Crippen LogP contribution in [0, 0.1) is 13.8 Å². The van der Waals surface area contributed by atoms with E-state index in [-0.39, 0.29) is 11.9 Å². The molecular weight excluding hydrogens is 304 g/mol. The molecular formula is C17H18N6O. The minimum Gasteiger partial charge on any atom is -0.436 e. The Balaban J connectivity index is 2.08. The average molecular weight is 322 g/mol. The van der Waals surface area contributed by atoms with Crippen LogP contribution in [0.1, 0.15) is 11.1 Å². The van der Waals surface area contributed by atoms with Gasteiger partial charge in [-0.3, -0.25) is 0 Å². The number of hydrogen-bond acceptors (Lipinski definition) is 3. The van der Waals surface area contributed by atoms with E-state index in [0.717, 1.165) is 27.8 Å². The van der Waals surface area contributed by atoms with Gasteiger partial charge in [0.1, 0.15) is 5.52 Å². The first-order valence-corrected chi connectivity index (χ1v) is 7.35. The van der Waals surface area contributed by atoms with Gasteiger partial charge in [0.25, 0.3) is 0 Å². The molecule has 0 saturated heterocycles. The number of hydrogen-bond donors (Lipinski definition) is 3. The van der Waals surface area contributed by atoms with Crippen molar-refractivity contribution in [1.82, 2.24) is 4.98 Å². The lowest BCUT2D eigenvalue weighted by atomic mass is 10.1. The molecule has 6 N–H and O–H groups in total. The predicted octanol–water partition coefficient (Wildman–Crippen LogP) is 2.33. The Kier molecular flexibility index (Phi) is 3.91. The molecule has 0 unspecified atom stereocenters. The Morgan fingerprint density at radius 1 is 1.08 bits per heavy atom. The van der Waals surface area contributed by atoms with E-state index in [1.807, 2.05) is 50.2 Å². The standard InChI is InChI=1S/C17H18N6O/c1-9-6-7-14-13(8-9)21-15(24-14)11-4-3-5-12(10(11)2)22-17(20)23-16(18)19/h3-8H,1-2H3,(H6,18,19,20,22,23).